The second kappa shape index (κ2) is 6.92. The van der Waals surface area contributed by atoms with Gasteiger partial charge in [-0.3, -0.25) is 9.69 Å². The van der Waals surface area contributed by atoms with Gasteiger partial charge < -0.3 is 4.98 Å². The smallest absolute Gasteiger partial charge is 0.252 e. The first-order valence-corrected chi connectivity index (χ1v) is 10.8. The Labute approximate surface area is 149 Å². The highest BCUT2D eigenvalue weighted by Gasteiger charge is 2.23. The fourth-order valence-electron chi connectivity index (χ4n) is 3.95. The largest absolute Gasteiger partial charge is 0.321 e. The molecule has 5 nitrogen and oxygen atoms in total. The van der Waals surface area contributed by atoms with Gasteiger partial charge in [0.1, 0.15) is 9.84 Å². The molecule has 0 aliphatic carbocycles. The van der Waals surface area contributed by atoms with E-state index < -0.39 is 9.84 Å². The molecule has 1 aromatic carbocycles. The van der Waals surface area contributed by atoms with E-state index in [0.717, 1.165) is 48.0 Å². The Morgan fingerprint density at radius 1 is 1.24 bits per heavy atom. The predicted octanol–water partition coefficient (Wildman–Crippen LogP) is 2.40. The molecule has 1 fully saturated rings. The van der Waals surface area contributed by atoms with Gasteiger partial charge in [-0.15, -0.1) is 0 Å². The molecular weight excluding hydrogens is 336 g/mol. The van der Waals surface area contributed by atoms with Crippen LogP contribution in [0, 0.1) is 19.8 Å². The molecule has 1 saturated heterocycles. The molecule has 0 spiro atoms. The average Bonchev–Trinajstić information content (AvgIpc) is 2.47. The van der Waals surface area contributed by atoms with Crippen LogP contribution < -0.4 is 5.56 Å². The second-order valence-electron chi connectivity index (χ2n) is 7.51. The van der Waals surface area contributed by atoms with Gasteiger partial charge in [0, 0.05) is 24.9 Å². The number of fused-ring (bicyclic) bond motifs is 1. The zero-order valence-corrected chi connectivity index (χ0v) is 15.9. The maximum Gasteiger partial charge on any atom is 0.252 e. The van der Waals surface area contributed by atoms with Gasteiger partial charge in [0.05, 0.1) is 11.3 Å². The van der Waals surface area contributed by atoms with E-state index in [0.29, 0.717) is 6.54 Å². The standard InChI is InChI=1S/C19H26N2O3S/c1-13-7-14(2)18-16(8-13)9-17(19(22)20-18)11-21-6-4-5-15(10-21)12-25(3,23)24/h7-9,15H,4-6,10-12H2,1-3H3,(H,20,22)/t15-/m1/s1. The van der Waals surface area contributed by atoms with Crippen molar-refractivity contribution in [2.75, 3.05) is 25.1 Å². The molecule has 2 aromatic rings. The van der Waals surface area contributed by atoms with Crippen molar-refractivity contribution in [3.05, 3.63) is 45.2 Å². The van der Waals surface area contributed by atoms with E-state index in [1.165, 1.54) is 11.8 Å². The first kappa shape index (κ1) is 18.1. The third kappa shape index (κ3) is 4.50. The molecule has 0 amide bonds. The van der Waals surface area contributed by atoms with Crippen LogP contribution in [-0.4, -0.2) is 43.4 Å². The number of sulfone groups is 1. The normalized spacial score (nSPS) is 19.4. The Morgan fingerprint density at radius 3 is 2.72 bits per heavy atom. The number of nitrogens with one attached hydrogen (secondary N) is 1. The molecule has 0 radical (unpaired) electrons. The van der Waals surface area contributed by atoms with Gasteiger partial charge in [0.15, 0.2) is 0 Å². The summed E-state index contributed by atoms with van der Waals surface area (Å²) < 4.78 is 23.1. The topological polar surface area (TPSA) is 70.2 Å². The van der Waals surface area contributed by atoms with Crippen molar-refractivity contribution in [3.63, 3.8) is 0 Å². The van der Waals surface area contributed by atoms with Crippen molar-refractivity contribution < 1.29 is 8.42 Å². The molecule has 0 bridgehead atoms. The van der Waals surface area contributed by atoms with Crippen molar-refractivity contribution in [1.29, 1.82) is 0 Å². The number of rotatable bonds is 4. The van der Waals surface area contributed by atoms with Gasteiger partial charge in [0.2, 0.25) is 0 Å². The van der Waals surface area contributed by atoms with Crippen molar-refractivity contribution >= 4 is 20.7 Å². The fourth-order valence-corrected chi connectivity index (χ4v) is 5.08. The first-order valence-electron chi connectivity index (χ1n) is 8.74. The summed E-state index contributed by atoms with van der Waals surface area (Å²) in [6, 6.07) is 6.14. The third-order valence-corrected chi connectivity index (χ3v) is 5.98. The van der Waals surface area contributed by atoms with Gasteiger partial charge in [-0.25, -0.2) is 8.42 Å². The number of aromatic nitrogens is 1. The zero-order chi connectivity index (χ0) is 18.2. The van der Waals surface area contributed by atoms with Crippen LogP contribution in [0.2, 0.25) is 0 Å². The molecule has 0 saturated carbocycles. The van der Waals surface area contributed by atoms with E-state index in [1.54, 1.807) is 0 Å². The summed E-state index contributed by atoms with van der Waals surface area (Å²) in [6.45, 7) is 6.27. The van der Waals surface area contributed by atoms with Crippen molar-refractivity contribution in [2.45, 2.75) is 33.2 Å². The van der Waals surface area contributed by atoms with Gasteiger partial charge in [0.25, 0.3) is 5.56 Å². The van der Waals surface area contributed by atoms with Crippen molar-refractivity contribution in [2.24, 2.45) is 5.92 Å². The lowest BCUT2D eigenvalue weighted by molar-refractivity contribution is 0.177. The number of benzene rings is 1. The summed E-state index contributed by atoms with van der Waals surface area (Å²) in [5, 5.41) is 1.05. The number of hydrogen-bond donors (Lipinski definition) is 1. The molecule has 1 aliphatic rings. The first-order chi connectivity index (χ1) is 11.7. The number of H-pyrrole nitrogens is 1. The SMILES string of the molecule is Cc1cc(C)c2[nH]c(=O)c(CN3CCC[C@@H](CS(C)(=O)=O)C3)cc2c1. The summed E-state index contributed by atoms with van der Waals surface area (Å²) in [4.78, 5) is 17.7. The lowest BCUT2D eigenvalue weighted by atomic mass is 9.99. The molecule has 1 atom stereocenters. The van der Waals surface area contributed by atoms with Crippen LogP contribution in [0.25, 0.3) is 10.9 Å². The second-order valence-corrected chi connectivity index (χ2v) is 9.69. The van der Waals surface area contributed by atoms with E-state index >= 15 is 0 Å². The van der Waals surface area contributed by atoms with E-state index in [-0.39, 0.29) is 17.2 Å². The summed E-state index contributed by atoms with van der Waals surface area (Å²) in [5.41, 5.74) is 3.84. The minimum Gasteiger partial charge on any atom is -0.321 e. The highest BCUT2D eigenvalue weighted by Crippen LogP contribution is 2.21. The highest BCUT2D eigenvalue weighted by molar-refractivity contribution is 7.90. The van der Waals surface area contributed by atoms with Gasteiger partial charge >= 0.3 is 0 Å². The number of aryl methyl sites for hydroxylation is 2. The molecule has 0 unspecified atom stereocenters. The van der Waals surface area contributed by atoms with Crippen molar-refractivity contribution in [3.8, 4) is 0 Å². The molecule has 2 heterocycles. The van der Waals surface area contributed by atoms with Crippen LogP contribution in [0.4, 0.5) is 0 Å². The predicted molar refractivity (Wildman–Crippen MR) is 102 cm³/mol. The van der Waals surface area contributed by atoms with Crippen LogP contribution in [0.5, 0.6) is 0 Å². The lowest BCUT2D eigenvalue weighted by Crippen LogP contribution is -2.38. The maximum absolute atomic E-state index is 12.5. The molecule has 6 heteroatoms. The summed E-state index contributed by atoms with van der Waals surface area (Å²) in [7, 11) is -2.96. The van der Waals surface area contributed by atoms with Gasteiger partial charge in [-0.2, -0.15) is 0 Å². The van der Waals surface area contributed by atoms with E-state index in [2.05, 4.69) is 28.9 Å². The molecule has 136 valence electrons. The summed E-state index contributed by atoms with van der Waals surface area (Å²) in [6.07, 6.45) is 3.21. The van der Waals surface area contributed by atoms with E-state index in [4.69, 9.17) is 0 Å². The molecule has 3 rings (SSSR count). The quantitative estimate of drug-likeness (QED) is 0.907. The van der Waals surface area contributed by atoms with E-state index in [9.17, 15) is 13.2 Å². The monoisotopic (exact) mass is 362 g/mol. The Hall–Kier alpha value is -1.66. The van der Waals surface area contributed by atoms with Crippen molar-refractivity contribution in [1.82, 2.24) is 9.88 Å². The number of aromatic amines is 1. The number of piperidine rings is 1. The van der Waals surface area contributed by atoms with Crippen LogP contribution in [0.1, 0.15) is 29.5 Å². The molecule has 1 N–H and O–H groups in total. The Balaban J connectivity index is 1.82. The lowest BCUT2D eigenvalue weighted by Gasteiger charge is -2.32. The molecule has 1 aromatic heterocycles. The summed E-state index contributed by atoms with van der Waals surface area (Å²) >= 11 is 0. The number of pyridine rings is 1. The third-order valence-electron chi connectivity index (χ3n) is 4.91. The van der Waals surface area contributed by atoms with Crippen LogP contribution >= 0.6 is 0 Å². The van der Waals surface area contributed by atoms with Crippen LogP contribution in [-0.2, 0) is 16.4 Å². The zero-order valence-electron chi connectivity index (χ0n) is 15.1. The molecule has 25 heavy (non-hydrogen) atoms. The van der Waals surface area contributed by atoms with E-state index in [1.807, 2.05) is 13.0 Å². The number of likely N-dealkylation sites (tertiary alicyclic amines) is 1. The van der Waals surface area contributed by atoms with Gasteiger partial charge in [-0.1, -0.05) is 11.6 Å². The van der Waals surface area contributed by atoms with Crippen LogP contribution in [0.3, 0.4) is 0 Å². The Kier molecular flexibility index (Phi) is 5.02. The number of nitrogens with zero attached hydrogens (tertiary/aromatic N) is 1. The highest BCUT2D eigenvalue weighted by atomic mass is 32.2. The molecular formula is C19H26N2O3S. The number of hydrogen-bond acceptors (Lipinski definition) is 4. The van der Waals surface area contributed by atoms with Crippen LogP contribution in [0.15, 0.2) is 23.0 Å². The minimum atomic E-state index is -2.96. The Bertz CT molecular complexity index is 947. The maximum atomic E-state index is 12.5. The Morgan fingerprint density at radius 2 is 2.00 bits per heavy atom. The fraction of sp³-hybridized carbons (Fsp3) is 0.526. The average molecular weight is 362 g/mol. The summed E-state index contributed by atoms with van der Waals surface area (Å²) in [5.74, 6) is 0.392. The van der Waals surface area contributed by atoms with Gasteiger partial charge in [-0.05, 0) is 62.2 Å². The molecule has 1 aliphatic heterocycles. The minimum absolute atomic E-state index is 0.0512.